The predicted molar refractivity (Wildman–Crippen MR) is 147 cm³/mol. The maximum atomic E-state index is 13.2. The molecule has 0 aliphatic carbocycles. The Balaban J connectivity index is 1.50. The molecule has 1 aromatic heterocycles. The van der Waals surface area contributed by atoms with Crippen molar-refractivity contribution in [1.29, 1.82) is 0 Å². The summed E-state index contributed by atoms with van der Waals surface area (Å²) in [7, 11) is -3.47. The van der Waals surface area contributed by atoms with Crippen molar-refractivity contribution in [3.63, 3.8) is 0 Å². The van der Waals surface area contributed by atoms with Crippen LogP contribution >= 0.6 is 11.3 Å². The van der Waals surface area contributed by atoms with Crippen LogP contribution < -0.4 is 4.80 Å². The van der Waals surface area contributed by atoms with Crippen molar-refractivity contribution in [3.05, 3.63) is 100 Å². The maximum absolute atomic E-state index is 13.2. The molecule has 7 heteroatoms. The molecule has 0 atom stereocenters. The number of hydrogen-bond acceptors (Lipinski definition) is 4. The van der Waals surface area contributed by atoms with E-state index in [1.807, 2.05) is 42.5 Å². The summed E-state index contributed by atoms with van der Waals surface area (Å²) in [6.45, 7) is 6.12. The lowest BCUT2D eigenvalue weighted by atomic mass is 10.0. The first-order valence-electron chi connectivity index (χ1n) is 12.3. The lowest BCUT2D eigenvalue weighted by molar-refractivity contribution is 0.288. The molecule has 5 nitrogen and oxygen atoms in total. The summed E-state index contributed by atoms with van der Waals surface area (Å²) < 4.78 is 30.2. The summed E-state index contributed by atoms with van der Waals surface area (Å²) in [6, 6.07) is 25.8. The van der Waals surface area contributed by atoms with Crippen LogP contribution in [0.3, 0.4) is 0 Å². The standard InChI is InChI=1S/C29H31N3O2S2/c1-22-8-12-26(13-9-22)30-29-32(20-24-6-4-3-5-7-24)28(21-35-29)25-10-14-27(15-11-25)36(33,34)31-18-16-23(2)17-19-31/h3-15,21,23H,16-20H2,1-2H3. The summed E-state index contributed by atoms with van der Waals surface area (Å²) in [5.74, 6) is 0.581. The Morgan fingerprint density at radius 3 is 2.25 bits per heavy atom. The number of sulfonamides is 1. The Hall–Kier alpha value is -3.00. The van der Waals surface area contributed by atoms with Crippen molar-refractivity contribution in [3.8, 4) is 11.3 Å². The Bertz CT molecular complexity index is 1480. The van der Waals surface area contributed by atoms with Gasteiger partial charge in [-0.2, -0.15) is 4.31 Å². The van der Waals surface area contributed by atoms with E-state index in [0.717, 1.165) is 34.6 Å². The number of piperidine rings is 1. The number of thiazole rings is 1. The van der Waals surface area contributed by atoms with E-state index in [-0.39, 0.29) is 0 Å². The van der Waals surface area contributed by atoms with Crippen LogP contribution in [0, 0.1) is 12.8 Å². The van der Waals surface area contributed by atoms with E-state index in [0.29, 0.717) is 30.4 Å². The highest BCUT2D eigenvalue weighted by Crippen LogP contribution is 2.27. The summed E-state index contributed by atoms with van der Waals surface area (Å²) in [5, 5.41) is 2.10. The molecule has 1 aliphatic heterocycles. The quantitative estimate of drug-likeness (QED) is 0.305. The van der Waals surface area contributed by atoms with Crippen LogP contribution in [0.1, 0.15) is 30.9 Å². The van der Waals surface area contributed by atoms with Gasteiger partial charge < -0.3 is 4.57 Å². The van der Waals surface area contributed by atoms with Gasteiger partial charge in [0.1, 0.15) is 0 Å². The summed E-state index contributed by atoms with van der Waals surface area (Å²) in [5.41, 5.74) is 5.28. The molecular formula is C29H31N3O2S2. The van der Waals surface area contributed by atoms with Gasteiger partial charge >= 0.3 is 0 Å². The average Bonchev–Trinajstić information content (AvgIpc) is 3.28. The highest BCUT2D eigenvalue weighted by atomic mass is 32.2. The lowest BCUT2D eigenvalue weighted by Crippen LogP contribution is -2.37. The topological polar surface area (TPSA) is 54.7 Å². The van der Waals surface area contributed by atoms with Crippen molar-refractivity contribution in [2.75, 3.05) is 13.1 Å². The molecule has 0 bridgehead atoms. The first-order valence-corrected chi connectivity index (χ1v) is 14.7. The fourth-order valence-corrected chi connectivity index (χ4v) is 6.87. The molecule has 0 spiro atoms. The largest absolute Gasteiger partial charge is 0.312 e. The van der Waals surface area contributed by atoms with E-state index in [9.17, 15) is 8.42 Å². The van der Waals surface area contributed by atoms with Crippen LogP contribution in [-0.2, 0) is 16.6 Å². The van der Waals surface area contributed by atoms with Crippen molar-refractivity contribution in [1.82, 2.24) is 8.87 Å². The van der Waals surface area contributed by atoms with Gasteiger partial charge in [0, 0.05) is 18.5 Å². The van der Waals surface area contributed by atoms with Gasteiger partial charge in [-0.25, -0.2) is 13.4 Å². The first-order chi connectivity index (χ1) is 17.4. The molecule has 36 heavy (non-hydrogen) atoms. The van der Waals surface area contributed by atoms with E-state index < -0.39 is 10.0 Å². The number of aryl methyl sites for hydroxylation is 1. The Morgan fingerprint density at radius 1 is 0.917 bits per heavy atom. The highest BCUT2D eigenvalue weighted by Gasteiger charge is 2.28. The normalized spacial score (nSPS) is 15.9. The second-order valence-electron chi connectivity index (χ2n) is 9.53. The van der Waals surface area contributed by atoms with Gasteiger partial charge in [-0.3, -0.25) is 0 Å². The highest BCUT2D eigenvalue weighted by molar-refractivity contribution is 7.89. The maximum Gasteiger partial charge on any atom is 0.243 e. The van der Waals surface area contributed by atoms with E-state index in [1.54, 1.807) is 27.8 Å². The molecule has 1 aliphatic rings. The van der Waals surface area contributed by atoms with Crippen molar-refractivity contribution >= 4 is 27.0 Å². The zero-order valence-corrected chi connectivity index (χ0v) is 22.3. The molecular weight excluding hydrogens is 486 g/mol. The number of rotatable bonds is 6. The van der Waals surface area contributed by atoms with Crippen molar-refractivity contribution < 1.29 is 8.42 Å². The number of benzene rings is 3. The Kier molecular flexibility index (Phi) is 7.23. The van der Waals surface area contributed by atoms with Gasteiger partial charge in [0.2, 0.25) is 10.0 Å². The molecule has 2 heterocycles. The van der Waals surface area contributed by atoms with Gasteiger partial charge in [-0.15, -0.1) is 11.3 Å². The molecule has 1 saturated heterocycles. The lowest BCUT2D eigenvalue weighted by Gasteiger charge is -2.29. The van der Waals surface area contributed by atoms with Gasteiger partial charge in [0.15, 0.2) is 4.80 Å². The minimum atomic E-state index is -3.47. The number of hydrogen-bond donors (Lipinski definition) is 0. The third kappa shape index (κ3) is 5.38. The fourth-order valence-electron chi connectivity index (χ4n) is 4.47. The Morgan fingerprint density at radius 2 is 1.58 bits per heavy atom. The average molecular weight is 518 g/mol. The minimum Gasteiger partial charge on any atom is -0.312 e. The summed E-state index contributed by atoms with van der Waals surface area (Å²) in [6.07, 6.45) is 1.83. The predicted octanol–water partition coefficient (Wildman–Crippen LogP) is 6.23. The van der Waals surface area contributed by atoms with Crippen LogP contribution in [0.5, 0.6) is 0 Å². The second-order valence-corrected chi connectivity index (χ2v) is 12.3. The zero-order chi connectivity index (χ0) is 25.1. The SMILES string of the molecule is Cc1ccc(N=c2scc(-c3ccc(S(=O)(=O)N4CCC(C)CC4)cc3)n2Cc2ccccc2)cc1. The Labute approximate surface area is 217 Å². The van der Waals surface area contributed by atoms with Crippen molar-refractivity contribution in [2.45, 2.75) is 38.1 Å². The van der Waals surface area contributed by atoms with Gasteiger partial charge in [0.05, 0.1) is 22.8 Å². The summed E-state index contributed by atoms with van der Waals surface area (Å²) >= 11 is 1.59. The van der Waals surface area contributed by atoms with Crippen LogP contribution in [-0.4, -0.2) is 30.4 Å². The number of aromatic nitrogens is 1. The van der Waals surface area contributed by atoms with Gasteiger partial charge in [-0.1, -0.05) is 67.1 Å². The zero-order valence-electron chi connectivity index (χ0n) is 20.7. The molecule has 0 amide bonds. The van der Waals surface area contributed by atoms with E-state index >= 15 is 0 Å². The molecule has 0 saturated carbocycles. The van der Waals surface area contributed by atoms with Crippen LogP contribution in [0.4, 0.5) is 5.69 Å². The third-order valence-corrected chi connectivity index (χ3v) is 9.55. The molecule has 4 aromatic rings. The molecule has 0 radical (unpaired) electrons. The monoisotopic (exact) mass is 517 g/mol. The second kappa shape index (κ2) is 10.5. The van der Waals surface area contributed by atoms with Gasteiger partial charge in [0.25, 0.3) is 0 Å². The molecule has 1 fully saturated rings. The number of nitrogens with zero attached hydrogens (tertiary/aromatic N) is 3. The van der Waals surface area contributed by atoms with Crippen molar-refractivity contribution in [2.24, 2.45) is 10.9 Å². The van der Waals surface area contributed by atoms with Crippen LogP contribution in [0.2, 0.25) is 0 Å². The summed E-state index contributed by atoms with van der Waals surface area (Å²) in [4.78, 5) is 6.18. The molecule has 186 valence electrons. The van der Waals surface area contributed by atoms with E-state index in [1.165, 1.54) is 11.1 Å². The first kappa shape index (κ1) is 24.7. The molecule has 0 unspecified atom stereocenters. The van der Waals surface area contributed by atoms with E-state index in [4.69, 9.17) is 4.99 Å². The minimum absolute atomic E-state index is 0.357. The molecule has 5 rings (SSSR count). The fraction of sp³-hybridized carbons (Fsp3) is 0.276. The van der Waals surface area contributed by atoms with E-state index in [2.05, 4.69) is 48.1 Å². The third-order valence-electron chi connectivity index (χ3n) is 6.77. The van der Waals surface area contributed by atoms with Gasteiger partial charge in [-0.05, 0) is 61.1 Å². The van der Waals surface area contributed by atoms with Crippen LogP contribution in [0.25, 0.3) is 11.3 Å². The van der Waals surface area contributed by atoms with Crippen LogP contribution in [0.15, 0.2) is 94.1 Å². The molecule has 0 N–H and O–H groups in total. The molecule has 3 aromatic carbocycles. The smallest absolute Gasteiger partial charge is 0.243 e.